The van der Waals surface area contributed by atoms with Gasteiger partial charge in [-0.3, -0.25) is 0 Å². The first-order chi connectivity index (χ1) is 9.99. The molecule has 0 aliphatic carbocycles. The van der Waals surface area contributed by atoms with Crippen LogP contribution in [0.3, 0.4) is 0 Å². The number of aromatic nitrogens is 2. The van der Waals surface area contributed by atoms with Gasteiger partial charge in [0.2, 0.25) is 0 Å². The van der Waals surface area contributed by atoms with Crippen LogP contribution in [0.15, 0.2) is 48.8 Å². The number of imidazole rings is 1. The van der Waals surface area contributed by atoms with Crippen molar-refractivity contribution < 1.29 is 13.2 Å². The molecule has 2 aromatic heterocycles. The van der Waals surface area contributed by atoms with E-state index in [4.69, 9.17) is 5.26 Å². The van der Waals surface area contributed by atoms with E-state index < -0.39 is 11.7 Å². The topological polar surface area (TPSA) is 41.1 Å². The maximum Gasteiger partial charge on any atom is 0.419 e. The van der Waals surface area contributed by atoms with Gasteiger partial charge in [-0.15, -0.1) is 0 Å². The summed E-state index contributed by atoms with van der Waals surface area (Å²) in [5.41, 5.74) is 0.662. The molecule has 0 atom stereocenters. The van der Waals surface area contributed by atoms with Crippen molar-refractivity contribution in [3.05, 3.63) is 59.9 Å². The summed E-state index contributed by atoms with van der Waals surface area (Å²) >= 11 is 0. The molecule has 0 radical (unpaired) electrons. The van der Waals surface area contributed by atoms with E-state index in [1.807, 2.05) is 6.07 Å². The second-order valence-corrected chi connectivity index (χ2v) is 4.47. The Morgan fingerprint density at radius 3 is 2.43 bits per heavy atom. The molecule has 6 heteroatoms. The molecule has 0 N–H and O–H groups in total. The molecule has 2 heterocycles. The summed E-state index contributed by atoms with van der Waals surface area (Å²) in [4.78, 5) is 4.06. The van der Waals surface area contributed by atoms with Crippen LogP contribution in [-0.2, 0) is 6.18 Å². The molecule has 0 aliphatic heterocycles. The predicted octanol–water partition coefficient (Wildman–Crippen LogP) is 3.89. The SMILES string of the molecule is N#Cc1ccc(-c2cn3cccc(C(F)(F)F)c3n2)cc1. The normalized spacial score (nSPS) is 11.5. The van der Waals surface area contributed by atoms with Gasteiger partial charge in [-0.2, -0.15) is 18.4 Å². The summed E-state index contributed by atoms with van der Waals surface area (Å²) in [6.45, 7) is 0. The van der Waals surface area contributed by atoms with Crippen LogP contribution in [0.2, 0.25) is 0 Å². The number of nitrogens with zero attached hydrogens (tertiary/aromatic N) is 3. The van der Waals surface area contributed by atoms with Crippen LogP contribution in [0.5, 0.6) is 0 Å². The molecule has 3 rings (SSSR count). The molecule has 0 unspecified atom stereocenters. The molecule has 0 bridgehead atoms. The Bertz CT molecular complexity index is 839. The van der Waals surface area contributed by atoms with E-state index in [1.54, 1.807) is 24.3 Å². The summed E-state index contributed by atoms with van der Waals surface area (Å²) < 4.78 is 40.2. The number of benzene rings is 1. The van der Waals surface area contributed by atoms with Gasteiger partial charge in [-0.25, -0.2) is 4.98 Å². The lowest BCUT2D eigenvalue weighted by Gasteiger charge is -2.06. The van der Waals surface area contributed by atoms with Crippen LogP contribution < -0.4 is 0 Å². The number of hydrogen-bond acceptors (Lipinski definition) is 2. The zero-order chi connectivity index (χ0) is 15.0. The highest BCUT2D eigenvalue weighted by Gasteiger charge is 2.33. The van der Waals surface area contributed by atoms with E-state index in [9.17, 15) is 13.2 Å². The third kappa shape index (κ3) is 2.34. The minimum Gasteiger partial charge on any atom is -0.306 e. The largest absolute Gasteiger partial charge is 0.419 e. The van der Waals surface area contributed by atoms with Crippen LogP contribution in [0.1, 0.15) is 11.1 Å². The van der Waals surface area contributed by atoms with Crippen molar-refractivity contribution in [1.29, 1.82) is 5.26 Å². The van der Waals surface area contributed by atoms with E-state index in [2.05, 4.69) is 4.98 Å². The molecule has 21 heavy (non-hydrogen) atoms. The first kappa shape index (κ1) is 13.2. The molecule has 104 valence electrons. The Hall–Kier alpha value is -2.81. The van der Waals surface area contributed by atoms with Gasteiger partial charge in [0.15, 0.2) is 0 Å². The maximum absolute atomic E-state index is 12.9. The van der Waals surface area contributed by atoms with Crippen LogP contribution in [-0.4, -0.2) is 9.38 Å². The lowest BCUT2D eigenvalue weighted by molar-refractivity contribution is -0.136. The van der Waals surface area contributed by atoms with Gasteiger partial charge in [0.25, 0.3) is 0 Å². The van der Waals surface area contributed by atoms with Crippen LogP contribution >= 0.6 is 0 Å². The number of pyridine rings is 1. The first-order valence-electron chi connectivity index (χ1n) is 6.04. The van der Waals surface area contributed by atoms with Gasteiger partial charge < -0.3 is 4.40 Å². The van der Waals surface area contributed by atoms with Crippen LogP contribution in [0, 0.1) is 11.3 Å². The van der Waals surface area contributed by atoms with Crippen molar-refractivity contribution in [2.45, 2.75) is 6.18 Å². The van der Waals surface area contributed by atoms with Crippen molar-refractivity contribution in [2.75, 3.05) is 0 Å². The molecule has 0 fully saturated rings. The van der Waals surface area contributed by atoms with Gasteiger partial charge in [0.05, 0.1) is 22.9 Å². The van der Waals surface area contributed by atoms with Gasteiger partial charge in [0.1, 0.15) is 5.65 Å². The zero-order valence-corrected chi connectivity index (χ0v) is 10.6. The van der Waals surface area contributed by atoms with Gasteiger partial charge >= 0.3 is 6.18 Å². The molecule has 3 aromatic rings. The molecule has 0 aliphatic rings. The Kier molecular flexibility index (Phi) is 2.91. The summed E-state index contributed by atoms with van der Waals surface area (Å²) in [6, 6.07) is 10.8. The van der Waals surface area contributed by atoms with Crippen molar-refractivity contribution in [1.82, 2.24) is 9.38 Å². The molecule has 0 amide bonds. The highest BCUT2D eigenvalue weighted by Crippen LogP contribution is 2.33. The zero-order valence-electron chi connectivity index (χ0n) is 10.6. The Balaban J connectivity index is 2.15. The summed E-state index contributed by atoms with van der Waals surface area (Å²) in [7, 11) is 0. The molecule has 3 nitrogen and oxygen atoms in total. The van der Waals surface area contributed by atoms with Crippen molar-refractivity contribution in [3.8, 4) is 17.3 Å². The Morgan fingerprint density at radius 2 is 1.81 bits per heavy atom. The smallest absolute Gasteiger partial charge is 0.306 e. The van der Waals surface area contributed by atoms with Crippen molar-refractivity contribution in [3.63, 3.8) is 0 Å². The lowest BCUT2D eigenvalue weighted by atomic mass is 10.1. The van der Waals surface area contributed by atoms with Gasteiger partial charge in [0, 0.05) is 18.0 Å². The highest BCUT2D eigenvalue weighted by atomic mass is 19.4. The third-order valence-electron chi connectivity index (χ3n) is 3.10. The number of fused-ring (bicyclic) bond motifs is 1. The number of hydrogen-bond donors (Lipinski definition) is 0. The fourth-order valence-corrected chi connectivity index (χ4v) is 2.09. The first-order valence-corrected chi connectivity index (χ1v) is 6.04. The van der Waals surface area contributed by atoms with Crippen molar-refractivity contribution in [2.24, 2.45) is 0 Å². The fourth-order valence-electron chi connectivity index (χ4n) is 2.09. The van der Waals surface area contributed by atoms with E-state index in [0.717, 1.165) is 6.07 Å². The minimum absolute atomic E-state index is 0.135. The van der Waals surface area contributed by atoms with Crippen molar-refractivity contribution >= 4 is 5.65 Å². The number of rotatable bonds is 1. The number of halogens is 3. The standard InChI is InChI=1S/C15H8F3N3/c16-15(17,18)12-2-1-7-21-9-13(20-14(12)21)11-5-3-10(8-19)4-6-11/h1-7,9H. The van der Waals surface area contributed by atoms with E-state index in [-0.39, 0.29) is 5.65 Å². The molecule has 0 saturated heterocycles. The van der Waals surface area contributed by atoms with E-state index >= 15 is 0 Å². The molecular weight excluding hydrogens is 279 g/mol. The summed E-state index contributed by atoms with van der Waals surface area (Å²) in [5.74, 6) is 0. The fraction of sp³-hybridized carbons (Fsp3) is 0.0667. The number of nitriles is 1. The highest BCUT2D eigenvalue weighted by molar-refractivity contribution is 5.65. The Labute approximate surface area is 117 Å². The predicted molar refractivity (Wildman–Crippen MR) is 70.3 cm³/mol. The number of alkyl halides is 3. The third-order valence-corrected chi connectivity index (χ3v) is 3.10. The quantitative estimate of drug-likeness (QED) is 0.681. The van der Waals surface area contributed by atoms with Crippen LogP contribution in [0.4, 0.5) is 13.2 Å². The van der Waals surface area contributed by atoms with Gasteiger partial charge in [-0.05, 0) is 24.3 Å². The average Bonchev–Trinajstić information content (AvgIpc) is 2.90. The Morgan fingerprint density at radius 1 is 1.10 bits per heavy atom. The minimum atomic E-state index is -4.45. The second-order valence-electron chi connectivity index (χ2n) is 4.47. The average molecular weight is 287 g/mol. The second kappa shape index (κ2) is 4.63. The molecular formula is C15H8F3N3. The monoisotopic (exact) mass is 287 g/mol. The maximum atomic E-state index is 12.9. The summed E-state index contributed by atoms with van der Waals surface area (Å²) in [5, 5.41) is 8.74. The lowest BCUT2D eigenvalue weighted by Crippen LogP contribution is -2.07. The van der Waals surface area contributed by atoms with Crippen LogP contribution in [0.25, 0.3) is 16.9 Å². The molecule has 0 saturated carbocycles. The summed E-state index contributed by atoms with van der Waals surface area (Å²) in [6.07, 6.45) is -1.40. The molecule has 1 aromatic carbocycles. The van der Waals surface area contributed by atoms with Gasteiger partial charge in [-0.1, -0.05) is 12.1 Å². The van der Waals surface area contributed by atoms with E-state index in [1.165, 1.54) is 22.9 Å². The van der Waals surface area contributed by atoms with E-state index in [0.29, 0.717) is 16.8 Å². The molecule has 0 spiro atoms.